The Morgan fingerprint density at radius 3 is 2.55 bits per heavy atom. The fourth-order valence-electron chi connectivity index (χ4n) is 3.96. The van der Waals surface area contributed by atoms with Crippen LogP contribution in [-0.4, -0.2) is 75.1 Å². The van der Waals surface area contributed by atoms with E-state index in [0.717, 1.165) is 45.0 Å². The van der Waals surface area contributed by atoms with E-state index >= 15 is 0 Å². The molecule has 0 saturated carbocycles. The smallest absolute Gasteiger partial charge is 0.244 e. The highest BCUT2D eigenvalue weighted by Gasteiger charge is 2.33. The van der Waals surface area contributed by atoms with Crippen LogP contribution in [-0.2, 0) is 21.3 Å². The van der Waals surface area contributed by atoms with Crippen molar-refractivity contribution in [3.05, 3.63) is 54.2 Å². The minimum atomic E-state index is -3.57. The molecule has 2 aliphatic rings. The fourth-order valence-corrected chi connectivity index (χ4v) is 5.28. The zero-order valence-corrected chi connectivity index (χ0v) is 17.6. The summed E-state index contributed by atoms with van der Waals surface area (Å²) in [6.07, 6.45) is 2.31. The van der Waals surface area contributed by atoms with Crippen LogP contribution >= 0.6 is 0 Å². The molecule has 0 radical (unpaired) electrons. The van der Waals surface area contributed by atoms with Gasteiger partial charge in [0.05, 0.1) is 13.2 Å². The van der Waals surface area contributed by atoms with Crippen molar-refractivity contribution in [2.45, 2.75) is 23.9 Å². The van der Waals surface area contributed by atoms with Crippen LogP contribution in [0.2, 0.25) is 0 Å². The molecule has 3 heterocycles. The van der Waals surface area contributed by atoms with Crippen molar-refractivity contribution in [2.75, 3.05) is 51.3 Å². The van der Waals surface area contributed by atoms with E-state index in [4.69, 9.17) is 4.74 Å². The molecule has 0 N–H and O–H groups in total. The molecule has 0 spiro atoms. The topological polar surface area (TPSA) is 66.0 Å². The monoisotopic (exact) mass is 416 g/mol. The van der Waals surface area contributed by atoms with E-state index in [1.807, 2.05) is 18.2 Å². The molecule has 4 rings (SSSR count). The van der Waals surface area contributed by atoms with Crippen LogP contribution in [0.4, 0.5) is 5.82 Å². The number of rotatable bonds is 6. The summed E-state index contributed by atoms with van der Waals surface area (Å²) >= 11 is 0. The molecule has 156 valence electrons. The van der Waals surface area contributed by atoms with Crippen molar-refractivity contribution in [1.29, 1.82) is 0 Å². The van der Waals surface area contributed by atoms with Gasteiger partial charge in [-0.05, 0) is 24.1 Å². The second-order valence-electron chi connectivity index (χ2n) is 7.64. The molecule has 2 aromatic rings. The van der Waals surface area contributed by atoms with Crippen molar-refractivity contribution in [3.63, 3.8) is 0 Å². The predicted octanol–water partition coefficient (Wildman–Crippen LogP) is 1.81. The van der Waals surface area contributed by atoms with Gasteiger partial charge in [-0.2, -0.15) is 4.31 Å². The van der Waals surface area contributed by atoms with Gasteiger partial charge in [0.25, 0.3) is 0 Å². The third-order valence-corrected chi connectivity index (χ3v) is 7.64. The molecule has 1 aromatic heterocycles. The van der Waals surface area contributed by atoms with Gasteiger partial charge >= 0.3 is 0 Å². The van der Waals surface area contributed by atoms with Gasteiger partial charge < -0.3 is 9.64 Å². The van der Waals surface area contributed by atoms with Crippen LogP contribution in [0.15, 0.2) is 53.6 Å². The lowest BCUT2D eigenvalue weighted by Gasteiger charge is -2.28. The Balaban J connectivity index is 1.40. The summed E-state index contributed by atoms with van der Waals surface area (Å²) in [5, 5.41) is 0. The maximum Gasteiger partial charge on any atom is 0.244 e. The fraction of sp³-hybridized carbons (Fsp3) is 0.476. The van der Waals surface area contributed by atoms with Gasteiger partial charge in [0, 0.05) is 52.0 Å². The van der Waals surface area contributed by atoms with Crippen molar-refractivity contribution in [3.8, 4) is 0 Å². The number of pyridine rings is 1. The summed E-state index contributed by atoms with van der Waals surface area (Å²) in [4.78, 5) is 9.08. The lowest BCUT2D eigenvalue weighted by Crippen LogP contribution is -2.39. The molecule has 7 nitrogen and oxygen atoms in total. The Bertz CT molecular complexity index is 899. The summed E-state index contributed by atoms with van der Waals surface area (Å²) in [7, 11) is -1.88. The molecular formula is C21H28N4O3S. The van der Waals surface area contributed by atoms with Gasteiger partial charge in [0.15, 0.2) is 0 Å². The Kier molecular flexibility index (Phi) is 6.15. The highest BCUT2D eigenvalue weighted by Crippen LogP contribution is 2.24. The number of benzene rings is 1. The summed E-state index contributed by atoms with van der Waals surface area (Å²) in [5.41, 5.74) is 1.25. The first-order valence-electron chi connectivity index (χ1n) is 10.1. The Hall–Kier alpha value is -2.00. The highest BCUT2D eigenvalue weighted by molar-refractivity contribution is 7.89. The standard InChI is InChI=1S/C21H28N4O3S/c1-23(19-9-10-24(17-19)16-18-5-3-2-4-6-18)29(26,27)20-7-8-21(22-15-20)25-11-13-28-14-12-25/h2-8,15,19H,9-14,16-17H2,1H3. The van der Waals surface area contributed by atoms with E-state index in [1.54, 1.807) is 19.2 Å². The van der Waals surface area contributed by atoms with E-state index in [-0.39, 0.29) is 10.9 Å². The van der Waals surface area contributed by atoms with Gasteiger partial charge in [-0.15, -0.1) is 0 Å². The van der Waals surface area contributed by atoms with Gasteiger partial charge in [-0.25, -0.2) is 13.4 Å². The molecule has 1 unspecified atom stereocenters. The normalized spacial score (nSPS) is 21.0. The maximum absolute atomic E-state index is 13.1. The molecule has 2 saturated heterocycles. The minimum absolute atomic E-state index is 0.0253. The van der Waals surface area contributed by atoms with Gasteiger partial charge in [-0.3, -0.25) is 4.90 Å². The third kappa shape index (κ3) is 4.61. The molecule has 0 amide bonds. The van der Waals surface area contributed by atoms with E-state index in [9.17, 15) is 8.42 Å². The van der Waals surface area contributed by atoms with Crippen LogP contribution in [0.1, 0.15) is 12.0 Å². The van der Waals surface area contributed by atoms with Crippen molar-refractivity contribution in [1.82, 2.24) is 14.2 Å². The number of anilines is 1. The minimum Gasteiger partial charge on any atom is -0.378 e. The summed E-state index contributed by atoms with van der Waals surface area (Å²) in [6.45, 7) is 5.38. The molecule has 0 aliphatic carbocycles. The van der Waals surface area contributed by atoms with Crippen molar-refractivity contribution >= 4 is 15.8 Å². The quantitative estimate of drug-likeness (QED) is 0.716. The number of likely N-dealkylation sites (tertiary alicyclic amines) is 1. The van der Waals surface area contributed by atoms with Gasteiger partial charge in [-0.1, -0.05) is 30.3 Å². The van der Waals surface area contributed by atoms with Crippen LogP contribution in [0.3, 0.4) is 0 Å². The number of likely N-dealkylation sites (N-methyl/N-ethyl adjacent to an activating group) is 1. The SMILES string of the molecule is CN(C1CCN(Cc2ccccc2)C1)S(=O)(=O)c1ccc(N2CCOCC2)nc1. The number of aromatic nitrogens is 1. The second kappa shape index (κ2) is 8.79. The van der Waals surface area contributed by atoms with Crippen LogP contribution in [0.5, 0.6) is 0 Å². The van der Waals surface area contributed by atoms with Gasteiger partial charge in [0.1, 0.15) is 10.7 Å². The first-order valence-corrected chi connectivity index (χ1v) is 11.5. The molecular weight excluding hydrogens is 388 g/mol. The van der Waals surface area contributed by atoms with E-state index < -0.39 is 10.0 Å². The second-order valence-corrected chi connectivity index (χ2v) is 9.63. The molecule has 1 aromatic carbocycles. The molecule has 0 bridgehead atoms. The average molecular weight is 417 g/mol. The molecule has 29 heavy (non-hydrogen) atoms. The van der Waals surface area contributed by atoms with Gasteiger partial charge in [0.2, 0.25) is 10.0 Å². The largest absolute Gasteiger partial charge is 0.378 e. The van der Waals surface area contributed by atoms with E-state index in [1.165, 1.54) is 16.1 Å². The lowest BCUT2D eigenvalue weighted by molar-refractivity contribution is 0.122. The molecule has 1 atom stereocenters. The van der Waals surface area contributed by atoms with E-state index in [0.29, 0.717) is 13.2 Å². The summed E-state index contributed by atoms with van der Waals surface area (Å²) < 4.78 is 33.1. The first kappa shape index (κ1) is 20.3. The zero-order valence-electron chi connectivity index (χ0n) is 16.8. The molecule has 2 aliphatic heterocycles. The molecule has 2 fully saturated rings. The highest BCUT2D eigenvalue weighted by atomic mass is 32.2. The predicted molar refractivity (Wildman–Crippen MR) is 112 cm³/mol. The number of nitrogens with zero attached hydrogens (tertiary/aromatic N) is 4. The van der Waals surface area contributed by atoms with E-state index in [2.05, 4.69) is 26.9 Å². The maximum atomic E-state index is 13.1. The number of hydrogen-bond donors (Lipinski definition) is 0. The Morgan fingerprint density at radius 2 is 1.86 bits per heavy atom. The summed E-state index contributed by atoms with van der Waals surface area (Å²) in [6, 6.07) is 13.7. The first-order chi connectivity index (χ1) is 14.0. The summed E-state index contributed by atoms with van der Waals surface area (Å²) in [5.74, 6) is 0.796. The van der Waals surface area contributed by atoms with Crippen LogP contribution in [0, 0.1) is 0 Å². The van der Waals surface area contributed by atoms with Crippen molar-refractivity contribution in [2.24, 2.45) is 0 Å². The number of morpholine rings is 1. The zero-order chi connectivity index (χ0) is 20.3. The Morgan fingerprint density at radius 1 is 1.10 bits per heavy atom. The van der Waals surface area contributed by atoms with Crippen LogP contribution in [0.25, 0.3) is 0 Å². The lowest BCUT2D eigenvalue weighted by atomic mass is 10.2. The van der Waals surface area contributed by atoms with Crippen LogP contribution < -0.4 is 4.90 Å². The number of sulfonamides is 1. The number of ether oxygens (including phenoxy) is 1. The number of hydrogen-bond acceptors (Lipinski definition) is 6. The molecule has 8 heteroatoms. The average Bonchev–Trinajstić information content (AvgIpc) is 3.23. The Labute approximate surface area is 172 Å². The van der Waals surface area contributed by atoms with Crippen molar-refractivity contribution < 1.29 is 13.2 Å². The third-order valence-electron chi connectivity index (χ3n) is 5.74.